The number of pyridine rings is 1. The van der Waals surface area contributed by atoms with Gasteiger partial charge < -0.3 is 5.73 Å². The Kier molecular flexibility index (Phi) is 1.62. The van der Waals surface area contributed by atoms with Gasteiger partial charge in [0.05, 0.1) is 5.69 Å². The minimum Gasteiger partial charge on any atom is -0.396 e. The van der Waals surface area contributed by atoms with Crippen LogP contribution in [0.4, 0.5) is 5.69 Å². The highest BCUT2D eigenvalue weighted by Gasteiger charge is 2.01. The van der Waals surface area contributed by atoms with Gasteiger partial charge in [-0.1, -0.05) is 35.9 Å². The number of aromatic nitrogens is 1. The maximum Gasteiger partial charge on any atom is 0.152 e. The van der Waals surface area contributed by atoms with E-state index < -0.39 is 0 Å². The molecule has 1 heterocycles. The van der Waals surface area contributed by atoms with Crippen molar-refractivity contribution in [2.24, 2.45) is 0 Å². The second kappa shape index (κ2) is 2.64. The second-order valence-corrected chi connectivity index (χ2v) is 2.91. The fourth-order valence-electron chi connectivity index (χ4n) is 1.16. The van der Waals surface area contributed by atoms with Crippen molar-refractivity contribution in [2.75, 3.05) is 5.73 Å². The maximum absolute atomic E-state index is 5.75. The maximum atomic E-state index is 5.75. The Labute approximate surface area is 75.0 Å². The third-order valence-corrected chi connectivity index (χ3v) is 2.09. The smallest absolute Gasteiger partial charge is 0.152 e. The van der Waals surface area contributed by atoms with Crippen molar-refractivity contribution in [3.8, 4) is 0 Å². The van der Waals surface area contributed by atoms with Crippen molar-refractivity contribution in [2.45, 2.75) is 0 Å². The molecule has 0 atom stereocenters. The molecule has 0 unspecified atom stereocenters. The zero-order valence-electron chi connectivity index (χ0n) is 6.29. The number of benzene rings is 1. The molecule has 2 N–H and O–H groups in total. The fraction of sp³-hybridized carbons (Fsp3) is 0. The van der Waals surface area contributed by atoms with Crippen molar-refractivity contribution in [1.82, 2.24) is 4.98 Å². The third-order valence-electron chi connectivity index (χ3n) is 1.79. The molecule has 12 heavy (non-hydrogen) atoms. The number of anilines is 1. The molecule has 2 rings (SSSR count). The number of rotatable bonds is 0. The zero-order chi connectivity index (χ0) is 8.55. The van der Waals surface area contributed by atoms with Gasteiger partial charge >= 0.3 is 0 Å². The van der Waals surface area contributed by atoms with Gasteiger partial charge in [0.1, 0.15) is 0 Å². The summed E-state index contributed by atoms with van der Waals surface area (Å²) in [5, 5.41) is 2.34. The first-order chi connectivity index (χ1) is 5.79. The largest absolute Gasteiger partial charge is 0.396 e. The molecule has 0 saturated carbocycles. The lowest BCUT2D eigenvalue weighted by molar-refractivity contribution is 1.36. The SMILES string of the molecule is Nc1c(Cl)ncc2ccccc12. The monoisotopic (exact) mass is 178 g/mol. The summed E-state index contributed by atoms with van der Waals surface area (Å²) in [5.41, 5.74) is 6.27. The minimum absolute atomic E-state index is 0.369. The molecular weight excluding hydrogens is 172 g/mol. The number of nitrogen functional groups attached to an aromatic ring is 1. The molecule has 0 aliphatic heterocycles. The lowest BCUT2D eigenvalue weighted by Gasteiger charge is -2.01. The molecule has 0 fully saturated rings. The summed E-state index contributed by atoms with van der Waals surface area (Å²) in [6.45, 7) is 0. The van der Waals surface area contributed by atoms with E-state index in [-0.39, 0.29) is 0 Å². The third kappa shape index (κ3) is 1.01. The first-order valence-corrected chi connectivity index (χ1v) is 3.95. The molecule has 0 aliphatic carbocycles. The van der Waals surface area contributed by atoms with E-state index >= 15 is 0 Å². The van der Waals surface area contributed by atoms with E-state index in [9.17, 15) is 0 Å². The Hall–Kier alpha value is -1.28. The van der Waals surface area contributed by atoms with Crippen LogP contribution in [0.2, 0.25) is 5.15 Å². The van der Waals surface area contributed by atoms with Crippen molar-refractivity contribution >= 4 is 28.1 Å². The molecule has 0 amide bonds. The highest BCUT2D eigenvalue weighted by Crippen LogP contribution is 2.25. The van der Waals surface area contributed by atoms with Gasteiger partial charge in [0, 0.05) is 17.0 Å². The Morgan fingerprint density at radius 3 is 2.83 bits per heavy atom. The van der Waals surface area contributed by atoms with Gasteiger partial charge in [0.2, 0.25) is 0 Å². The molecular formula is C9H7ClN2. The van der Waals surface area contributed by atoms with Crippen LogP contribution in [0.25, 0.3) is 10.8 Å². The molecule has 60 valence electrons. The topological polar surface area (TPSA) is 38.9 Å². The van der Waals surface area contributed by atoms with E-state index in [1.807, 2.05) is 24.3 Å². The highest BCUT2D eigenvalue weighted by molar-refractivity contribution is 6.33. The first-order valence-electron chi connectivity index (χ1n) is 3.58. The summed E-state index contributed by atoms with van der Waals surface area (Å²) in [7, 11) is 0. The molecule has 0 aliphatic rings. The van der Waals surface area contributed by atoms with E-state index in [2.05, 4.69) is 4.98 Å². The number of fused-ring (bicyclic) bond motifs is 1. The predicted molar refractivity (Wildman–Crippen MR) is 51.2 cm³/mol. The standard InChI is InChI=1S/C9H7ClN2/c10-9-8(11)7-4-2-1-3-6(7)5-12-9/h1-5H,11H2. The quantitative estimate of drug-likeness (QED) is 0.630. The van der Waals surface area contributed by atoms with Crippen LogP contribution in [0.1, 0.15) is 0 Å². The molecule has 3 heteroatoms. The molecule has 0 spiro atoms. The molecule has 1 aromatic carbocycles. The number of nitrogens with two attached hydrogens (primary N) is 1. The van der Waals surface area contributed by atoms with Crippen LogP contribution in [0.3, 0.4) is 0 Å². The summed E-state index contributed by atoms with van der Waals surface area (Å²) in [5.74, 6) is 0. The van der Waals surface area contributed by atoms with Gasteiger partial charge in [-0.05, 0) is 0 Å². The van der Waals surface area contributed by atoms with Crippen molar-refractivity contribution < 1.29 is 0 Å². The number of halogens is 1. The summed E-state index contributed by atoms with van der Waals surface area (Å²) in [6.07, 6.45) is 1.72. The van der Waals surface area contributed by atoms with Crippen LogP contribution >= 0.6 is 11.6 Å². The number of hydrogen-bond donors (Lipinski definition) is 1. The summed E-state index contributed by atoms with van der Waals surface area (Å²) in [6, 6.07) is 7.75. The Bertz CT molecular complexity index is 426. The normalized spacial score (nSPS) is 10.4. The predicted octanol–water partition coefficient (Wildman–Crippen LogP) is 2.47. The van der Waals surface area contributed by atoms with E-state index in [0.717, 1.165) is 10.8 Å². The Morgan fingerprint density at radius 1 is 1.25 bits per heavy atom. The molecule has 2 nitrogen and oxygen atoms in total. The van der Waals surface area contributed by atoms with E-state index in [4.69, 9.17) is 17.3 Å². The lowest BCUT2D eigenvalue weighted by Crippen LogP contribution is -1.90. The van der Waals surface area contributed by atoms with Crippen LogP contribution in [-0.2, 0) is 0 Å². The van der Waals surface area contributed by atoms with E-state index in [0.29, 0.717) is 10.8 Å². The minimum atomic E-state index is 0.369. The van der Waals surface area contributed by atoms with E-state index in [1.165, 1.54) is 0 Å². The number of hydrogen-bond acceptors (Lipinski definition) is 2. The van der Waals surface area contributed by atoms with Gasteiger partial charge in [0.15, 0.2) is 5.15 Å². The summed E-state index contributed by atoms with van der Waals surface area (Å²) in [4.78, 5) is 3.95. The molecule has 0 bridgehead atoms. The average Bonchev–Trinajstić information content (AvgIpc) is 2.12. The van der Waals surface area contributed by atoms with Crippen LogP contribution in [0.5, 0.6) is 0 Å². The molecule has 2 aromatic rings. The van der Waals surface area contributed by atoms with Gasteiger partial charge in [-0.2, -0.15) is 0 Å². The van der Waals surface area contributed by atoms with E-state index in [1.54, 1.807) is 6.20 Å². The highest BCUT2D eigenvalue weighted by atomic mass is 35.5. The zero-order valence-corrected chi connectivity index (χ0v) is 7.05. The van der Waals surface area contributed by atoms with Gasteiger partial charge in [-0.3, -0.25) is 0 Å². The van der Waals surface area contributed by atoms with Gasteiger partial charge in [-0.15, -0.1) is 0 Å². The molecule has 0 radical (unpaired) electrons. The van der Waals surface area contributed by atoms with Crippen molar-refractivity contribution in [1.29, 1.82) is 0 Å². The fourth-order valence-corrected chi connectivity index (χ4v) is 1.31. The van der Waals surface area contributed by atoms with Gasteiger partial charge in [-0.25, -0.2) is 4.98 Å². The van der Waals surface area contributed by atoms with Crippen LogP contribution < -0.4 is 5.73 Å². The Morgan fingerprint density at radius 2 is 2.00 bits per heavy atom. The first kappa shape index (κ1) is 7.37. The van der Waals surface area contributed by atoms with Gasteiger partial charge in [0.25, 0.3) is 0 Å². The average molecular weight is 179 g/mol. The molecule has 1 aromatic heterocycles. The van der Waals surface area contributed by atoms with Crippen molar-refractivity contribution in [3.63, 3.8) is 0 Å². The lowest BCUT2D eigenvalue weighted by atomic mass is 10.1. The van der Waals surface area contributed by atoms with Crippen LogP contribution in [0, 0.1) is 0 Å². The number of nitrogens with zero attached hydrogens (tertiary/aromatic N) is 1. The van der Waals surface area contributed by atoms with Crippen LogP contribution in [0.15, 0.2) is 30.5 Å². The second-order valence-electron chi connectivity index (χ2n) is 2.55. The van der Waals surface area contributed by atoms with Crippen molar-refractivity contribution in [3.05, 3.63) is 35.6 Å². The van der Waals surface area contributed by atoms with Crippen LogP contribution in [-0.4, -0.2) is 4.98 Å². The summed E-state index contributed by atoms with van der Waals surface area (Å²) >= 11 is 5.75. The molecule has 0 saturated heterocycles. The summed E-state index contributed by atoms with van der Waals surface area (Å²) < 4.78 is 0. The Balaban J connectivity index is 2.91.